The fraction of sp³-hybridized carbons (Fsp3) is 0.429. The summed E-state index contributed by atoms with van der Waals surface area (Å²) in [5, 5.41) is 12.3. The maximum absolute atomic E-state index is 12.1. The first-order chi connectivity index (χ1) is 9.54. The van der Waals surface area contributed by atoms with Gasteiger partial charge in [0.1, 0.15) is 6.04 Å². The van der Waals surface area contributed by atoms with Crippen molar-refractivity contribution in [3.05, 3.63) is 35.9 Å². The van der Waals surface area contributed by atoms with E-state index < -0.39 is 30.3 Å². The molecule has 2 N–H and O–H groups in total. The van der Waals surface area contributed by atoms with E-state index in [1.54, 1.807) is 30.3 Å². The Morgan fingerprint density at radius 3 is 2.60 bits per heavy atom. The van der Waals surface area contributed by atoms with Crippen LogP contribution in [0, 0.1) is 0 Å². The van der Waals surface area contributed by atoms with Crippen LogP contribution < -0.4 is 5.32 Å². The van der Waals surface area contributed by atoms with Gasteiger partial charge >= 0.3 is 5.97 Å². The van der Waals surface area contributed by atoms with Crippen LogP contribution in [0.15, 0.2) is 30.3 Å². The minimum atomic E-state index is -0.915. The maximum Gasteiger partial charge on any atom is 0.338 e. The Morgan fingerprint density at radius 2 is 2.05 bits per heavy atom. The van der Waals surface area contributed by atoms with Crippen LogP contribution in [-0.2, 0) is 14.3 Å². The Morgan fingerprint density at radius 1 is 1.40 bits per heavy atom. The first-order valence-electron chi connectivity index (χ1n) is 6.32. The summed E-state index contributed by atoms with van der Waals surface area (Å²) in [5.74, 6) is -0.932. The number of methoxy groups -OCH3 is 1. The molecule has 2 rings (SSSR count). The van der Waals surface area contributed by atoms with Crippen LogP contribution in [0.5, 0.6) is 0 Å². The number of carbonyl (C=O) groups is 2. The maximum atomic E-state index is 12.1. The lowest BCUT2D eigenvalue weighted by Crippen LogP contribution is -2.50. The number of nitrogens with one attached hydrogen (secondary N) is 1. The number of amides is 1. The molecule has 0 spiro atoms. The summed E-state index contributed by atoms with van der Waals surface area (Å²) in [7, 11) is 1.36. The largest absolute Gasteiger partial charge is 0.455 e. The normalized spacial score (nSPS) is 26.9. The quantitative estimate of drug-likeness (QED) is 0.764. The Bertz CT molecular complexity index is 488. The summed E-state index contributed by atoms with van der Waals surface area (Å²) < 4.78 is 10.1. The highest BCUT2D eigenvalue weighted by Gasteiger charge is 2.48. The van der Waals surface area contributed by atoms with Crippen LogP contribution >= 0.6 is 0 Å². The molecule has 1 aliphatic heterocycles. The molecule has 1 aromatic rings. The van der Waals surface area contributed by atoms with E-state index >= 15 is 0 Å². The van der Waals surface area contributed by atoms with Gasteiger partial charge in [0.25, 0.3) is 5.91 Å². The molecule has 0 saturated carbocycles. The van der Waals surface area contributed by atoms with Crippen LogP contribution in [0.4, 0.5) is 0 Å². The number of cyclic esters (lactones) is 1. The number of rotatable bonds is 4. The summed E-state index contributed by atoms with van der Waals surface area (Å²) >= 11 is 0. The second-order valence-corrected chi connectivity index (χ2v) is 4.66. The molecule has 0 aliphatic carbocycles. The third kappa shape index (κ3) is 2.81. The Balaban J connectivity index is 2.16. The number of aliphatic hydroxyl groups excluding tert-OH is 1. The SMILES string of the molecule is COC1C(=O)OC(C(C)O)C1NC(=O)c1ccccc1. The van der Waals surface area contributed by atoms with Gasteiger partial charge in [-0.15, -0.1) is 0 Å². The van der Waals surface area contributed by atoms with Gasteiger partial charge < -0.3 is 19.9 Å². The van der Waals surface area contributed by atoms with Crippen LogP contribution in [0.3, 0.4) is 0 Å². The average molecular weight is 279 g/mol. The lowest BCUT2D eigenvalue weighted by Gasteiger charge is -2.23. The van der Waals surface area contributed by atoms with Crippen LogP contribution in [-0.4, -0.2) is 48.4 Å². The second-order valence-electron chi connectivity index (χ2n) is 4.66. The third-order valence-corrected chi connectivity index (χ3v) is 3.23. The molecule has 1 saturated heterocycles. The van der Waals surface area contributed by atoms with Crippen LogP contribution in [0.2, 0.25) is 0 Å². The molecule has 1 amide bonds. The standard InChI is InChI=1S/C14H17NO5/c1-8(16)11-10(12(19-2)14(18)20-11)15-13(17)9-6-4-3-5-7-9/h3-8,10-12,16H,1-2H3,(H,15,17). The van der Waals surface area contributed by atoms with Crippen molar-refractivity contribution in [3.8, 4) is 0 Å². The first kappa shape index (κ1) is 14.5. The highest BCUT2D eigenvalue weighted by atomic mass is 16.6. The number of ether oxygens (including phenoxy) is 2. The van der Waals surface area contributed by atoms with E-state index in [2.05, 4.69) is 5.32 Å². The minimum Gasteiger partial charge on any atom is -0.455 e. The molecule has 0 radical (unpaired) electrons. The predicted octanol–water partition coefficient (Wildman–Crippen LogP) is 0.106. The summed E-state index contributed by atoms with van der Waals surface area (Å²) in [6, 6.07) is 7.88. The second kappa shape index (κ2) is 6.02. The summed E-state index contributed by atoms with van der Waals surface area (Å²) in [6.07, 6.45) is -2.64. The highest BCUT2D eigenvalue weighted by Crippen LogP contribution is 2.21. The van der Waals surface area contributed by atoms with Crippen molar-refractivity contribution in [2.45, 2.75) is 31.3 Å². The highest BCUT2D eigenvalue weighted by molar-refractivity contribution is 5.95. The molecule has 1 fully saturated rings. The fourth-order valence-electron chi connectivity index (χ4n) is 2.22. The molecule has 108 valence electrons. The lowest BCUT2D eigenvalue weighted by atomic mass is 10.0. The number of aliphatic hydroxyl groups is 1. The summed E-state index contributed by atoms with van der Waals surface area (Å²) in [4.78, 5) is 23.8. The molecule has 20 heavy (non-hydrogen) atoms. The van der Waals surface area contributed by atoms with E-state index in [9.17, 15) is 14.7 Å². The monoisotopic (exact) mass is 279 g/mol. The number of carbonyl (C=O) groups excluding carboxylic acids is 2. The van der Waals surface area contributed by atoms with Gasteiger partial charge in [-0.2, -0.15) is 0 Å². The van der Waals surface area contributed by atoms with Crippen molar-refractivity contribution in [3.63, 3.8) is 0 Å². The molecular weight excluding hydrogens is 262 g/mol. The first-order valence-corrected chi connectivity index (χ1v) is 6.32. The molecular formula is C14H17NO5. The number of benzene rings is 1. The Labute approximate surface area is 116 Å². The topological polar surface area (TPSA) is 84.9 Å². The van der Waals surface area contributed by atoms with E-state index in [1.807, 2.05) is 0 Å². The lowest BCUT2D eigenvalue weighted by molar-refractivity contribution is -0.151. The van der Waals surface area contributed by atoms with E-state index in [4.69, 9.17) is 9.47 Å². The zero-order chi connectivity index (χ0) is 14.7. The molecule has 0 bridgehead atoms. The Kier molecular flexibility index (Phi) is 4.36. The van der Waals surface area contributed by atoms with Crippen molar-refractivity contribution in [1.29, 1.82) is 0 Å². The predicted molar refractivity (Wildman–Crippen MR) is 70.1 cm³/mol. The van der Waals surface area contributed by atoms with Crippen molar-refractivity contribution in [2.75, 3.05) is 7.11 Å². The third-order valence-electron chi connectivity index (χ3n) is 3.23. The zero-order valence-electron chi connectivity index (χ0n) is 11.3. The van der Waals surface area contributed by atoms with E-state index in [-0.39, 0.29) is 5.91 Å². The summed E-state index contributed by atoms with van der Waals surface area (Å²) in [6.45, 7) is 1.50. The smallest absolute Gasteiger partial charge is 0.338 e. The van der Waals surface area contributed by atoms with Crippen molar-refractivity contribution in [1.82, 2.24) is 5.32 Å². The van der Waals surface area contributed by atoms with Gasteiger partial charge in [0, 0.05) is 12.7 Å². The van der Waals surface area contributed by atoms with Gasteiger partial charge in [0.05, 0.1) is 6.10 Å². The van der Waals surface area contributed by atoms with Crippen molar-refractivity contribution in [2.24, 2.45) is 0 Å². The molecule has 6 heteroatoms. The minimum absolute atomic E-state index is 0.346. The molecule has 4 unspecified atom stereocenters. The molecule has 6 nitrogen and oxygen atoms in total. The van der Waals surface area contributed by atoms with E-state index in [0.717, 1.165) is 0 Å². The zero-order valence-corrected chi connectivity index (χ0v) is 11.3. The number of esters is 1. The molecule has 1 aromatic carbocycles. The number of hydrogen-bond acceptors (Lipinski definition) is 5. The van der Waals surface area contributed by atoms with Gasteiger partial charge in [-0.05, 0) is 19.1 Å². The molecule has 4 atom stereocenters. The Hall–Kier alpha value is -1.92. The van der Waals surface area contributed by atoms with Gasteiger partial charge in [0.15, 0.2) is 12.2 Å². The van der Waals surface area contributed by atoms with E-state index in [0.29, 0.717) is 5.56 Å². The molecule has 1 aliphatic rings. The summed E-state index contributed by atoms with van der Waals surface area (Å²) in [5.41, 5.74) is 0.464. The molecule has 1 heterocycles. The van der Waals surface area contributed by atoms with Crippen LogP contribution in [0.1, 0.15) is 17.3 Å². The van der Waals surface area contributed by atoms with Gasteiger partial charge in [-0.3, -0.25) is 4.79 Å². The van der Waals surface area contributed by atoms with Gasteiger partial charge in [-0.25, -0.2) is 4.79 Å². The number of hydrogen-bond donors (Lipinski definition) is 2. The average Bonchev–Trinajstić information content (AvgIpc) is 2.76. The van der Waals surface area contributed by atoms with Crippen molar-refractivity contribution < 1.29 is 24.2 Å². The molecule has 0 aromatic heterocycles. The van der Waals surface area contributed by atoms with E-state index in [1.165, 1.54) is 14.0 Å². The van der Waals surface area contributed by atoms with Crippen molar-refractivity contribution >= 4 is 11.9 Å². The van der Waals surface area contributed by atoms with Gasteiger partial charge in [-0.1, -0.05) is 18.2 Å². The fourth-order valence-corrected chi connectivity index (χ4v) is 2.22. The van der Waals surface area contributed by atoms with Gasteiger partial charge in [0.2, 0.25) is 0 Å². The van der Waals surface area contributed by atoms with Crippen LogP contribution in [0.25, 0.3) is 0 Å².